The lowest BCUT2D eigenvalue weighted by molar-refractivity contribution is -0.117. The molecule has 63 valence electrons. The predicted octanol–water partition coefficient (Wildman–Crippen LogP) is -1.37. The van der Waals surface area contributed by atoms with Crippen molar-refractivity contribution in [2.24, 2.45) is 0 Å². The smallest absolute Gasteiger partial charge is 0.281 e. The van der Waals surface area contributed by atoms with Crippen molar-refractivity contribution in [3.63, 3.8) is 0 Å². The summed E-state index contributed by atoms with van der Waals surface area (Å²) in [5.41, 5.74) is 2.93. The number of carbonyl (C=O) groups excluding carboxylic acids is 1. The van der Waals surface area contributed by atoms with Crippen LogP contribution in [-0.4, -0.2) is 39.8 Å². The van der Waals surface area contributed by atoms with Crippen molar-refractivity contribution < 1.29 is 9.59 Å². The van der Waals surface area contributed by atoms with E-state index in [-0.39, 0.29) is 11.4 Å². The van der Waals surface area contributed by atoms with E-state index >= 15 is 0 Å². The molecule has 0 amide bonds. The van der Waals surface area contributed by atoms with E-state index in [2.05, 4.69) is 5.43 Å². The summed E-state index contributed by atoms with van der Waals surface area (Å²) in [4.78, 5) is 21.5. The molecular weight excluding hydrogens is 160 g/mol. The van der Waals surface area contributed by atoms with Crippen LogP contribution in [0.1, 0.15) is 12.8 Å². The Bertz CT molecular complexity index is 154. The van der Waals surface area contributed by atoms with Gasteiger partial charge in [-0.05, 0) is 19.9 Å². The van der Waals surface area contributed by atoms with Crippen LogP contribution < -0.4 is 5.43 Å². The van der Waals surface area contributed by atoms with Crippen LogP contribution in [0.5, 0.6) is 0 Å². The zero-order valence-corrected chi connectivity index (χ0v) is 8.08. The van der Waals surface area contributed by atoms with E-state index in [1.165, 1.54) is 0 Å². The number of nitrogens with zero attached hydrogens (tertiary/aromatic N) is 1. The van der Waals surface area contributed by atoms with Crippen molar-refractivity contribution in [1.29, 1.82) is 0 Å². The SMILES string of the molecule is CNN1CCCC1C(=O)[SiH2][O]. The fourth-order valence-electron chi connectivity index (χ4n) is 1.47. The molecule has 1 heterocycles. The number of carbonyl (C=O) groups is 1. The van der Waals surface area contributed by atoms with E-state index in [1.807, 2.05) is 5.01 Å². The van der Waals surface area contributed by atoms with Crippen LogP contribution in [0, 0.1) is 0 Å². The van der Waals surface area contributed by atoms with Gasteiger partial charge in [0.25, 0.3) is 9.76 Å². The standard InChI is InChI=1S/C6H13N2O2Si/c1-7-8-4-2-3-5(8)6(9)11-10/h5,7H,2-4,11H2,1H3. The third-order valence-electron chi connectivity index (χ3n) is 2.05. The molecule has 0 aromatic rings. The fraction of sp³-hybridized carbons (Fsp3) is 0.833. The first-order chi connectivity index (χ1) is 5.29. The van der Waals surface area contributed by atoms with Gasteiger partial charge in [0.1, 0.15) is 0 Å². The maximum atomic E-state index is 11.1. The Morgan fingerprint density at radius 1 is 1.73 bits per heavy atom. The summed E-state index contributed by atoms with van der Waals surface area (Å²) in [6.07, 6.45) is 1.88. The zero-order valence-electron chi connectivity index (χ0n) is 6.67. The van der Waals surface area contributed by atoms with E-state index in [4.69, 9.17) is 0 Å². The molecule has 0 bridgehead atoms. The van der Waals surface area contributed by atoms with Gasteiger partial charge < -0.3 is 4.79 Å². The van der Waals surface area contributed by atoms with E-state index in [0.717, 1.165) is 19.4 Å². The summed E-state index contributed by atoms with van der Waals surface area (Å²) in [5, 5.41) is 1.81. The minimum atomic E-state index is -1.70. The molecule has 0 aromatic carbocycles. The summed E-state index contributed by atoms with van der Waals surface area (Å²) in [6.45, 7) is 0.890. The van der Waals surface area contributed by atoms with E-state index in [9.17, 15) is 9.59 Å². The van der Waals surface area contributed by atoms with Crippen molar-refractivity contribution in [3.05, 3.63) is 0 Å². The maximum Gasteiger partial charge on any atom is 0.281 e. The Hall–Kier alpha value is -0.233. The van der Waals surface area contributed by atoms with Crippen LogP contribution in [-0.2, 0) is 9.59 Å². The molecule has 11 heavy (non-hydrogen) atoms. The quantitative estimate of drug-likeness (QED) is 0.536. The molecule has 1 aliphatic rings. The van der Waals surface area contributed by atoms with Gasteiger partial charge in [-0.1, -0.05) is 0 Å². The van der Waals surface area contributed by atoms with Gasteiger partial charge in [-0.25, -0.2) is 5.01 Å². The highest BCUT2D eigenvalue weighted by molar-refractivity contribution is 6.68. The Kier molecular flexibility index (Phi) is 3.19. The maximum absolute atomic E-state index is 11.1. The summed E-state index contributed by atoms with van der Waals surface area (Å²) in [5.74, 6) is 0. The van der Waals surface area contributed by atoms with Crippen LogP contribution in [0.15, 0.2) is 0 Å². The van der Waals surface area contributed by atoms with Gasteiger partial charge in [-0.15, -0.1) is 0 Å². The van der Waals surface area contributed by atoms with E-state index in [1.54, 1.807) is 7.05 Å². The minimum absolute atomic E-state index is 0.0585. The second-order valence-corrected chi connectivity index (χ2v) is 3.67. The van der Waals surface area contributed by atoms with E-state index < -0.39 is 9.76 Å². The van der Waals surface area contributed by atoms with Crippen molar-refractivity contribution in [1.82, 2.24) is 10.4 Å². The monoisotopic (exact) mass is 173 g/mol. The van der Waals surface area contributed by atoms with Gasteiger partial charge in [0, 0.05) is 6.54 Å². The third kappa shape index (κ3) is 1.87. The van der Waals surface area contributed by atoms with Crippen LogP contribution in [0.3, 0.4) is 0 Å². The Morgan fingerprint density at radius 3 is 3.00 bits per heavy atom. The number of rotatable bonds is 3. The Balaban J connectivity index is 2.49. The summed E-state index contributed by atoms with van der Waals surface area (Å²) in [6, 6.07) is -0.107. The number of nitrogens with one attached hydrogen (secondary N) is 1. The summed E-state index contributed by atoms with van der Waals surface area (Å²) >= 11 is 0. The molecule has 1 saturated heterocycles. The summed E-state index contributed by atoms with van der Waals surface area (Å²) in [7, 11) is 0.0869. The second-order valence-electron chi connectivity index (χ2n) is 2.69. The molecule has 5 heteroatoms. The molecule has 1 N–H and O–H groups in total. The van der Waals surface area contributed by atoms with Crippen molar-refractivity contribution in [3.8, 4) is 0 Å². The van der Waals surface area contributed by atoms with Gasteiger partial charge >= 0.3 is 0 Å². The lowest BCUT2D eigenvalue weighted by Gasteiger charge is -2.20. The third-order valence-corrected chi connectivity index (χ3v) is 2.81. The van der Waals surface area contributed by atoms with Crippen LogP contribution >= 0.6 is 0 Å². The molecule has 1 fully saturated rings. The molecule has 0 aromatic heterocycles. The average Bonchev–Trinajstić information content (AvgIpc) is 2.50. The first-order valence-electron chi connectivity index (χ1n) is 3.84. The second kappa shape index (κ2) is 3.96. The van der Waals surface area contributed by atoms with Crippen LogP contribution in [0.2, 0.25) is 0 Å². The molecule has 1 atom stereocenters. The largest absolute Gasteiger partial charge is 0.301 e. The molecule has 1 aliphatic heterocycles. The van der Waals surface area contributed by atoms with E-state index in [0.29, 0.717) is 0 Å². The first kappa shape index (κ1) is 8.86. The predicted molar refractivity (Wildman–Crippen MR) is 43.0 cm³/mol. The lowest BCUT2D eigenvalue weighted by Crippen LogP contribution is -2.45. The van der Waals surface area contributed by atoms with Gasteiger partial charge in [-0.3, -0.25) is 10.2 Å². The van der Waals surface area contributed by atoms with Crippen molar-refractivity contribution in [2.75, 3.05) is 13.6 Å². The van der Waals surface area contributed by atoms with Crippen molar-refractivity contribution in [2.45, 2.75) is 18.9 Å². The minimum Gasteiger partial charge on any atom is -0.301 e. The molecule has 0 aliphatic carbocycles. The zero-order chi connectivity index (χ0) is 8.27. The normalized spacial score (nSPS) is 26.9. The highest BCUT2D eigenvalue weighted by Crippen LogP contribution is 2.14. The number of hydrazine groups is 1. The van der Waals surface area contributed by atoms with Crippen LogP contribution in [0.25, 0.3) is 0 Å². The fourth-order valence-corrected chi connectivity index (χ4v) is 2.08. The van der Waals surface area contributed by atoms with Gasteiger partial charge in [0.05, 0.1) is 6.04 Å². The molecule has 0 spiro atoms. The van der Waals surface area contributed by atoms with Gasteiger partial charge in [-0.2, -0.15) is 0 Å². The highest BCUT2D eigenvalue weighted by Gasteiger charge is 2.29. The molecule has 1 rings (SSSR count). The first-order valence-corrected chi connectivity index (χ1v) is 5.13. The molecule has 0 saturated carbocycles. The highest BCUT2D eigenvalue weighted by atomic mass is 28.2. The topological polar surface area (TPSA) is 52.2 Å². The van der Waals surface area contributed by atoms with Gasteiger partial charge in [0.15, 0.2) is 5.41 Å². The molecule has 4 nitrogen and oxygen atoms in total. The van der Waals surface area contributed by atoms with Crippen LogP contribution in [0.4, 0.5) is 0 Å². The molecule has 1 unspecified atom stereocenters. The number of hydrogen-bond acceptors (Lipinski definition) is 3. The average molecular weight is 173 g/mol. The Morgan fingerprint density at radius 2 is 2.45 bits per heavy atom. The molecule has 1 radical (unpaired) electrons. The van der Waals surface area contributed by atoms with Gasteiger partial charge in [0.2, 0.25) is 0 Å². The lowest BCUT2D eigenvalue weighted by atomic mass is 10.2. The van der Waals surface area contributed by atoms with Crippen molar-refractivity contribution >= 4 is 15.2 Å². The summed E-state index contributed by atoms with van der Waals surface area (Å²) < 4.78 is 0. The Labute approximate surface area is 68.5 Å². The molecular formula is C6H13N2O2Si. The number of hydrogen-bond donors (Lipinski definition) is 1.